The Labute approximate surface area is 169 Å². The van der Waals surface area contributed by atoms with Crippen LogP contribution in [0.25, 0.3) is 0 Å². The van der Waals surface area contributed by atoms with Gasteiger partial charge in [-0.2, -0.15) is 5.26 Å². The fourth-order valence-corrected chi connectivity index (χ4v) is 6.55. The van der Waals surface area contributed by atoms with Crippen molar-refractivity contribution in [2.45, 2.75) is 50.0 Å². The van der Waals surface area contributed by atoms with Crippen molar-refractivity contribution in [3.8, 4) is 6.07 Å². The zero-order chi connectivity index (χ0) is 19.0. The number of hydrogen-bond donors (Lipinski definition) is 0. The van der Waals surface area contributed by atoms with Gasteiger partial charge in [0.1, 0.15) is 5.41 Å². The fourth-order valence-electron chi connectivity index (χ4n) is 6.55. The van der Waals surface area contributed by atoms with Crippen LogP contribution in [-0.2, 0) is 5.41 Å². The molecule has 0 amide bonds. The summed E-state index contributed by atoms with van der Waals surface area (Å²) in [5.74, 6) is 2.83. The second-order valence-corrected chi connectivity index (χ2v) is 9.42. The topological polar surface area (TPSA) is 27.0 Å². The van der Waals surface area contributed by atoms with Gasteiger partial charge in [-0.1, -0.05) is 60.7 Å². The summed E-state index contributed by atoms with van der Waals surface area (Å²) in [5, 5.41) is 10.4. The third-order valence-corrected chi connectivity index (χ3v) is 7.72. The average molecular weight is 371 g/mol. The lowest BCUT2D eigenvalue weighted by Gasteiger charge is -2.39. The molecule has 2 heterocycles. The molecule has 2 aliphatic heterocycles. The van der Waals surface area contributed by atoms with E-state index in [1.165, 1.54) is 38.6 Å². The molecule has 4 fully saturated rings. The minimum atomic E-state index is -0.564. The lowest BCUT2D eigenvalue weighted by Crippen LogP contribution is -2.41. The number of nitriles is 1. The van der Waals surface area contributed by atoms with E-state index < -0.39 is 5.41 Å². The molecule has 2 atom stereocenters. The molecule has 2 unspecified atom stereocenters. The van der Waals surface area contributed by atoms with E-state index in [-0.39, 0.29) is 0 Å². The standard InChI is InChI=1S/C26H30N2/c27-19-26(23-7-3-1-4-8-23,24-9-5-2-6-10-24)11-12-28-18-22-14-20-13-21(15-22)17-25(28)16-20/h1-10,20-22,25H,11-18H2. The molecule has 0 N–H and O–H groups in total. The molecule has 4 bridgehead atoms. The van der Waals surface area contributed by atoms with Gasteiger partial charge in [-0.25, -0.2) is 0 Å². The van der Waals surface area contributed by atoms with E-state index in [0.717, 1.165) is 47.9 Å². The van der Waals surface area contributed by atoms with Crippen LogP contribution in [0.3, 0.4) is 0 Å². The second-order valence-electron chi connectivity index (χ2n) is 9.42. The predicted molar refractivity (Wildman–Crippen MR) is 113 cm³/mol. The molecule has 2 aromatic rings. The van der Waals surface area contributed by atoms with Gasteiger partial charge in [0, 0.05) is 19.1 Å². The Morgan fingerprint density at radius 2 is 1.32 bits per heavy atom. The van der Waals surface area contributed by atoms with Crippen molar-refractivity contribution >= 4 is 0 Å². The molecular formula is C26H30N2. The molecule has 2 heteroatoms. The summed E-state index contributed by atoms with van der Waals surface area (Å²) in [6, 6.07) is 24.4. The zero-order valence-corrected chi connectivity index (χ0v) is 16.6. The maximum atomic E-state index is 10.4. The van der Waals surface area contributed by atoms with Crippen LogP contribution < -0.4 is 0 Å². The van der Waals surface area contributed by atoms with Crippen LogP contribution in [0, 0.1) is 29.1 Å². The van der Waals surface area contributed by atoms with Crippen LogP contribution in [0.1, 0.15) is 49.7 Å². The first-order chi connectivity index (χ1) is 13.8. The van der Waals surface area contributed by atoms with Gasteiger partial charge in [-0.05, 0) is 67.4 Å². The maximum absolute atomic E-state index is 10.4. The highest BCUT2D eigenvalue weighted by molar-refractivity contribution is 5.45. The number of hydrogen-bond acceptors (Lipinski definition) is 2. The van der Waals surface area contributed by atoms with Crippen molar-refractivity contribution in [1.29, 1.82) is 5.26 Å². The molecule has 2 aromatic carbocycles. The quantitative estimate of drug-likeness (QED) is 0.705. The number of benzene rings is 2. The Balaban J connectivity index is 1.44. The summed E-state index contributed by atoms with van der Waals surface area (Å²) in [6.45, 7) is 2.28. The summed E-state index contributed by atoms with van der Waals surface area (Å²) >= 11 is 0. The smallest absolute Gasteiger partial charge is 0.108 e. The largest absolute Gasteiger partial charge is 0.300 e. The Morgan fingerprint density at radius 1 is 0.786 bits per heavy atom. The summed E-state index contributed by atoms with van der Waals surface area (Å²) in [4.78, 5) is 2.77. The van der Waals surface area contributed by atoms with Gasteiger partial charge in [-0.15, -0.1) is 0 Å². The lowest BCUT2D eigenvalue weighted by molar-refractivity contribution is 0.123. The van der Waals surface area contributed by atoms with E-state index in [0.29, 0.717) is 0 Å². The first-order valence-corrected chi connectivity index (χ1v) is 11.0. The highest BCUT2D eigenvalue weighted by Crippen LogP contribution is 2.48. The molecule has 2 saturated heterocycles. The van der Waals surface area contributed by atoms with Crippen molar-refractivity contribution in [3.05, 3.63) is 71.8 Å². The molecule has 0 spiro atoms. The maximum Gasteiger partial charge on any atom is 0.108 e. The predicted octanol–water partition coefficient (Wildman–Crippen LogP) is 5.40. The Morgan fingerprint density at radius 3 is 1.86 bits per heavy atom. The first-order valence-electron chi connectivity index (χ1n) is 11.0. The van der Waals surface area contributed by atoms with Gasteiger partial charge in [0.15, 0.2) is 0 Å². The van der Waals surface area contributed by atoms with Crippen LogP contribution in [-0.4, -0.2) is 24.0 Å². The van der Waals surface area contributed by atoms with Crippen molar-refractivity contribution in [3.63, 3.8) is 0 Å². The molecule has 0 aromatic heterocycles. The molecule has 144 valence electrons. The fraction of sp³-hybridized carbons (Fsp3) is 0.500. The lowest BCUT2D eigenvalue weighted by atomic mass is 9.68. The van der Waals surface area contributed by atoms with Crippen LogP contribution in [0.15, 0.2) is 60.7 Å². The molecular weight excluding hydrogens is 340 g/mol. The Kier molecular flexibility index (Phi) is 4.73. The first kappa shape index (κ1) is 18.0. The summed E-state index contributed by atoms with van der Waals surface area (Å²) in [5.41, 5.74) is 1.69. The van der Waals surface area contributed by atoms with Crippen LogP contribution in [0.5, 0.6) is 0 Å². The van der Waals surface area contributed by atoms with E-state index in [1.54, 1.807) is 0 Å². The zero-order valence-electron chi connectivity index (χ0n) is 16.6. The van der Waals surface area contributed by atoms with Crippen molar-refractivity contribution in [2.75, 3.05) is 13.1 Å². The Hall–Kier alpha value is -2.11. The van der Waals surface area contributed by atoms with E-state index in [2.05, 4.69) is 59.5 Å². The van der Waals surface area contributed by atoms with Gasteiger partial charge in [0.2, 0.25) is 0 Å². The minimum absolute atomic E-state index is 0.564. The Bertz CT molecular complexity index is 784. The van der Waals surface area contributed by atoms with Gasteiger partial charge in [0.25, 0.3) is 0 Å². The molecule has 28 heavy (non-hydrogen) atoms. The number of nitrogens with zero attached hydrogens (tertiary/aromatic N) is 2. The highest BCUT2D eigenvalue weighted by atomic mass is 15.2. The third kappa shape index (κ3) is 3.16. The van der Waals surface area contributed by atoms with Gasteiger partial charge in [0.05, 0.1) is 6.07 Å². The van der Waals surface area contributed by atoms with E-state index >= 15 is 0 Å². The summed E-state index contributed by atoms with van der Waals surface area (Å²) < 4.78 is 0. The van der Waals surface area contributed by atoms with Crippen LogP contribution >= 0.6 is 0 Å². The van der Waals surface area contributed by atoms with Crippen molar-refractivity contribution in [1.82, 2.24) is 4.90 Å². The normalized spacial score (nSPS) is 29.4. The third-order valence-electron chi connectivity index (χ3n) is 7.72. The molecule has 2 saturated carbocycles. The minimum Gasteiger partial charge on any atom is -0.300 e. The number of fused-ring (bicyclic) bond motifs is 1. The van der Waals surface area contributed by atoms with Crippen LogP contribution in [0.4, 0.5) is 0 Å². The molecule has 2 aliphatic carbocycles. The van der Waals surface area contributed by atoms with Gasteiger partial charge < -0.3 is 4.90 Å². The SMILES string of the molecule is N#CC(CCN1CC2CC3CC(C2)CC1C3)(c1ccccc1)c1ccccc1. The van der Waals surface area contributed by atoms with Crippen molar-refractivity contribution in [2.24, 2.45) is 17.8 Å². The number of rotatable bonds is 5. The summed E-state index contributed by atoms with van der Waals surface area (Å²) in [7, 11) is 0. The molecule has 6 rings (SSSR count). The van der Waals surface area contributed by atoms with Crippen molar-refractivity contribution < 1.29 is 0 Å². The van der Waals surface area contributed by atoms with E-state index in [4.69, 9.17) is 0 Å². The monoisotopic (exact) mass is 370 g/mol. The van der Waals surface area contributed by atoms with Gasteiger partial charge in [-0.3, -0.25) is 0 Å². The van der Waals surface area contributed by atoms with Crippen LogP contribution in [0.2, 0.25) is 0 Å². The molecule has 4 aliphatic rings. The molecule has 2 nitrogen and oxygen atoms in total. The average Bonchev–Trinajstić information content (AvgIpc) is 2.93. The second kappa shape index (κ2) is 7.37. The molecule has 0 radical (unpaired) electrons. The summed E-state index contributed by atoms with van der Waals surface area (Å²) in [6.07, 6.45) is 8.04. The van der Waals surface area contributed by atoms with E-state index in [9.17, 15) is 5.26 Å². The van der Waals surface area contributed by atoms with Gasteiger partial charge >= 0.3 is 0 Å². The highest BCUT2D eigenvalue weighted by Gasteiger charge is 2.43. The van der Waals surface area contributed by atoms with E-state index in [1.807, 2.05) is 12.1 Å².